The SMILES string of the molecule is O=C(O)CCC(=NNS(=O)(=O)c1ccccc1)c1ccccc1. The first-order valence-corrected chi connectivity index (χ1v) is 8.38. The molecule has 2 aromatic rings. The molecule has 0 saturated heterocycles. The van der Waals surface area contributed by atoms with Gasteiger partial charge in [0.25, 0.3) is 10.0 Å². The van der Waals surface area contributed by atoms with E-state index < -0.39 is 16.0 Å². The van der Waals surface area contributed by atoms with E-state index in [1.54, 1.807) is 42.5 Å². The van der Waals surface area contributed by atoms with Gasteiger partial charge in [0.05, 0.1) is 17.0 Å². The molecule has 2 N–H and O–H groups in total. The van der Waals surface area contributed by atoms with Crippen molar-refractivity contribution in [3.63, 3.8) is 0 Å². The van der Waals surface area contributed by atoms with Crippen LogP contribution in [0.4, 0.5) is 0 Å². The molecule has 0 aromatic heterocycles. The summed E-state index contributed by atoms with van der Waals surface area (Å²) < 4.78 is 24.3. The lowest BCUT2D eigenvalue weighted by Crippen LogP contribution is -2.21. The van der Waals surface area contributed by atoms with Gasteiger partial charge in [-0.1, -0.05) is 48.5 Å². The van der Waals surface area contributed by atoms with Gasteiger partial charge in [-0.25, -0.2) is 0 Å². The van der Waals surface area contributed by atoms with E-state index in [0.29, 0.717) is 11.3 Å². The topological polar surface area (TPSA) is 95.8 Å². The first kappa shape index (κ1) is 16.7. The molecule has 2 aromatic carbocycles. The maximum absolute atomic E-state index is 12.2. The Hall–Kier alpha value is -2.67. The Morgan fingerprint density at radius 2 is 1.52 bits per heavy atom. The third kappa shape index (κ3) is 4.93. The van der Waals surface area contributed by atoms with Gasteiger partial charge in [-0.05, 0) is 17.7 Å². The third-order valence-corrected chi connectivity index (χ3v) is 4.26. The molecular formula is C16H16N2O4S. The predicted octanol–water partition coefficient (Wildman–Crippen LogP) is 2.23. The lowest BCUT2D eigenvalue weighted by atomic mass is 10.1. The zero-order valence-corrected chi connectivity index (χ0v) is 13.0. The smallest absolute Gasteiger partial charge is 0.303 e. The summed E-state index contributed by atoms with van der Waals surface area (Å²) >= 11 is 0. The number of carboxylic acid groups (broad SMARTS) is 1. The summed E-state index contributed by atoms with van der Waals surface area (Å²) in [4.78, 5) is 13.0. The number of hydrazone groups is 1. The number of carboxylic acids is 1. The number of sulfonamides is 1. The van der Waals surface area contributed by atoms with Crippen molar-refractivity contribution in [1.82, 2.24) is 4.83 Å². The van der Waals surface area contributed by atoms with Gasteiger partial charge >= 0.3 is 5.97 Å². The molecule has 0 radical (unpaired) electrons. The maximum atomic E-state index is 12.2. The van der Waals surface area contributed by atoms with Crippen LogP contribution in [-0.2, 0) is 14.8 Å². The van der Waals surface area contributed by atoms with Crippen LogP contribution in [-0.4, -0.2) is 25.2 Å². The molecule has 0 aliphatic carbocycles. The van der Waals surface area contributed by atoms with Crippen LogP contribution in [0.1, 0.15) is 18.4 Å². The van der Waals surface area contributed by atoms with Crippen LogP contribution in [0.15, 0.2) is 70.7 Å². The maximum Gasteiger partial charge on any atom is 0.303 e. The summed E-state index contributed by atoms with van der Waals surface area (Å²) in [5.74, 6) is -0.973. The molecule has 0 atom stereocenters. The van der Waals surface area contributed by atoms with E-state index >= 15 is 0 Å². The number of rotatable bonds is 7. The van der Waals surface area contributed by atoms with Gasteiger partial charge in [-0.3, -0.25) is 4.79 Å². The third-order valence-electron chi connectivity index (χ3n) is 3.04. The molecule has 0 unspecified atom stereocenters. The lowest BCUT2D eigenvalue weighted by molar-refractivity contribution is -0.136. The minimum atomic E-state index is -3.79. The summed E-state index contributed by atoms with van der Waals surface area (Å²) in [5, 5.41) is 12.8. The van der Waals surface area contributed by atoms with Gasteiger partial charge in [0.1, 0.15) is 0 Å². The Bertz CT molecular complexity index is 787. The molecule has 0 fully saturated rings. The van der Waals surface area contributed by atoms with Crippen LogP contribution in [0.3, 0.4) is 0 Å². The number of nitrogens with one attached hydrogen (secondary N) is 1. The molecule has 0 amide bonds. The monoisotopic (exact) mass is 332 g/mol. The molecule has 2 rings (SSSR count). The Morgan fingerprint density at radius 1 is 0.957 bits per heavy atom. The number of carbonyl (C=O) groups is 1. The largest absolute Gasteiger partial charge is 0.481 e. The van der Waals surface area contributed by atoms with Crippen molar-refractivity contribution < 1.29 is 18.3 Å². The fraction of sp³-hybridized carbons (Fsp3) is 0.125. The van der Waals surface area contributed by atoms with E-state index in [2.05, 4.69) is 9.93 Å². The van der Waals surface area contributed by atoms with Crippen LogP contribution in [0.5, 0.6) is 0 Å². The summed E-state index contributed by atoms with van der Waals surface area (Å²) in [6.07, 6.45) is -0.0164. The van der Waals surface area contributed by atoms with Crippen molar-refractivity contribution >= 4 is 21.7 Å². The van der Waals surface area contributed by atoms with E-state index in [-0.39, 0.29) is 17.7 Å². The number of hydrogen-bond acceptors (Lipinski definition) is 4. The predicted molar refractivity (Wildman–Crippen MR) is 86.6 cm³/mol. The molecule has 0 aliphatic heterocycles. The first-order chi connectivity index (χ1) is 11.0. The highest BCUT2D eigenvalue weighted by Gasteiger charge is 2.13. The standard InChI is InChI=1S/C16H16N2O4S/c19-16(20)12-11-15(13-7-3-1-4-8-13)17-18-23(21,22)14-9-5-2-6-10-14/h1-10,18H,11-12H2,(H,19,20). The number of benzene rings is 2. The quantitative estimate of drug-likeness (QED) is 0.600. The van der Waals surface area contributed by atoms with Gasteiger partial charge in [0.2, 0.25) is 0 Å². The van der Waals surface area contributed by atoms with E-state index in [9.17, 15) is 13.2 Å². The van der Waals surface area contributed by atoms with E-state index in [1.165, 1.54) is 12.1 Å². The van der Waals surface area contributed by atoms with Gasteiger partial charge in [0.15, 0.2) is 0 Å². The molecule has 0 bridgehead atoms. The highest BCUT2D eigenvalue weighted by molar-refractivity contribution is 7.89. The van der Waals surface area contributed by atoms with Crippen molar-refractivity contribution in [3.05, 3.63) is 66.2 Å². The van der Waals surface area contributed by atoms with Crippen LogP contribution in [0, 0.1) is 0 Å². The minimum absolute atomic E-state index is 0.0920. The van der Waals surface area contributed by atoms with Crippen LogP contribution < -0.4 is 4.83 Å². The second-order valence-corrected chi connectivity index (χ2v) is 6.39. The summed E-state index contributed by atoms with van der Waals surface area (Å²) in [5.41, 5.74) is 1.04. The zero-order chi connectivity index (χ0) is 16.7. The summed E-state index contributed by atoms with van der Waals surface area (Å²) in [6, 6.07) is 16.7. The Labute approximate surface area is 134 Å². The molecule has 120 valence electrons. The van der Waals surface area contributed by atoms with Crippen molar-refractivity contribution in [3.8, 4) is 0 Å². The van der Waals surface area contributed by atoms with E-state index in [1.807, 2.05) is 6.07 Å². The van der Waals surface area contributed by atoms with Gasteiger partial charge in [0, 0.05) is 6.42 Å². The van der Waals surface area contributed by atoms with Gasteiger partial charge in [-0.15, -0.1) is 0 Å². The average Bonchev–Trinajstić information content (AvgIpc) is 2.56. The molecule has 0 saturated carbocycles. The van der Waals surface area contributed by atoms with Crippen LogP contribution in [0.2, 0.25) is 0 Å². The number of aliphatic carboxylic acids is 1. The van der Waals surface area contributed by atoms with E-state index in [0.717, 1.165) is 0 Å². The molecule has 7 heteroatoms. The fourth-order valence-electron chi connectivity index (χ4n) is 1.89. The van der Waals surface area contributed by atoms with Crippen LogP contribution in [0.25, 0.3) is 0 Å². The summed E-state index contributed by atoms with van der Waals surface area (Å²) in [6.45, 7) is 0. The van der Waals surface area contributed by atoms with Gasteiger partial charge < -0.3 is 5.11 Å². The second kappa shape index (κ2) is 7.55. The van der Waals surface area contributed by atoms with Gasteiger partial charge in [-0.2, -0.15) is 18.4 Å². The van der Waals surface area contributed by atoms with Crippen molar-refractivity contribution in [2.24, 2.45) is 5.10 Å². The molecule has 0 heterocycles. The van der Waals surface area contributed by atoms with Crippen molar-refractivity contribution in [2.75, 3.05) is 0 Å². The van der Waals surface area contributed by atoms with E-state index in [4.69, 9.17) is 5.11 Å². The Balaban J connectivity index is 2.25. The highest BCUT2D eigenvalue weighted by Crippen LogP contribution is 2.10. The first-order valence-electron chi connectivity index (χ1n) is 6.90. The highest BCUT2D eigenvalue weighted by atomic mass is 32.2. The lowest BCUT2D eigenvalue weighted by Gasteiger charge is -2.08. The minimum Gasteiger partial charge on any atom is -0.481 e. The number of hydrogen-bond donors (Lipinski definition) is 2. The van der Waals surface area contributed by atoms with Crippen molar-refractivity contribution in [1.29, 1.82) is 0 Å². The zero-order valence-electron chi connectivity index (χ0n) is 12.2. The molecule has 0 spiro atoms. The molecule has 6 nitrogen and oxygen atoms in total. The number of nitrogens with zero attached hydrogens (tertiary/aromatic N) is 1. The fourth-order valence-corrected chi connectivity index (χ4v) is 2.74. The second-order valence-electron chi connectivity index (χ2n) is 4.73. The summed E-state index contributed by atoms with van der Waals surface area (Å²) in [7, 11) is -3.79. The molecule has 23 heavy (non-hydrogen) atoms. The molecule has 0 aliphatic rings. The van der Waals surface area contributed by atoms with Crippen LogP contribution >= 0.6 is 0 Å². The Morgan fingerprint density at radius 3 is 2.09 bits per heavy atom. The van der Waals surface area contributed by atoms with Crippen molar-refractivity contribution in [2.45, 2.75) is 17.7 Å². The average molecular weight is 332 g/mol. The molecular weight excluding hydrogens is 316 g/mol. The normalized spacial score (nSPS) is 11.9. The Kier molecular flexibility index (Phi) is 5.48.